The summed E-state index contributed by atoms with van der Waals surface area (Å²) in [4.78, 5) is 12.5. The summed E-state index contributed by atoms with van der Waals surface area (Å²) in [5, 5.41) is 3.10. The summed E-state index contributed by atoms with van der Waals surface area (Å²) in [5.41, 5.74) is 2.11. The molecule has 1 heterocycles. The molecule has 0 unspecified atom stereocenters. The highest BCUT2D eigenvalue weighted by atomic mass is 16.5. The second-order valence-corrected chi connectivity index (χ2v) is 7.30. The lowest BCUT2D eigenvalue weighted by Gasteiger charge is -2.17. The van der Waals surface area contributed by atoms with Gasteiger partial charge >= 0.3 is 0 Å². The van der Waals surface area contributed by atoms with E-state index in [1.54, 1.807) is 0 Å². The molecule has 0 radical (unpaired) electrons. The van der Waals surface area contributed by atoms with Crippen LogP contribution in [0.2, 0.25) is 0 Å². The van der Waals surface area contributed by atoms with Crippen LogP contribution in [0.5, 0.6) is 5.75 Å². The van der Waals surface area contributed by atoms with Crippen LogP contribution in [0, 0.1) is 0 Å². The lowest BCUT2D eigenvalue weighted by molar-refractivity contribution is 0.0679. The Hall–Kier alpha value is -2.33. The van der Waals surface area contributed by atoms with Crippen LogP contribution >= 0.6 is 0 Å². The summed E-state index contributed by atoms with van der Waals surface area (Å²) < 4.78 is 11.3. The van der Waals surface area contributed by atoms with Crippen molar-refractivity contribution < 1.29 is 14.3 Å². The van der Waals surface area contributed by atoms with Crippen molar-refractivity contribution in [2.24, 2.45) is 0 Å². The van der Waals surface area contributed by atoms with Crippen molar-refractivity contribution in [1.82, 2.24) is 5.32 Å². The SMILES string of the molecule is O=C(NCC1(c2ccccc2)CC1)c1ccc(OC[C@H]2CCCO2)cc1. The maximum atomic E-state index is 12.5. The van der Waals surface area contributed by atoms with E-state index < -0.39 is 0 Å². The number of ether oxygens (including phenoxy) is 2. The van der Waals surface area contributed by atoms with Crippen LogP contribution in [0.1, 0.15) is 41.6 Å². The Labute approximate surface area is 154 Å². The number of hydrogen-bond donors (Lipinski definition) is 1. The molecule has 2 aliphatic rings. The number of nitrogens with one attached hydrogen (secondary N) is 1. The molecule has 1 aliphatic heterocycles. The number of carbonyl (C=O) groups is 1. The molecule has 4 heteroatoms. The first-order valence-electron chi connectivity index (χ1n) is 9.43. The second kappa shape index (κ2) is 7.50. The number of benzene rings is 2. The Balaban J connectivity index is 1.29. The molecule has 4 nitrogen and oxygen atoms in total. The van der Waals surface area contributed by atoms with E-state index in [0.29, 0.717) is 18.7 Å². The highest BCUT2D eigenvalue weighted by Crippen LogP contribution is 2.47. The molecule has 1 N–H and O–H groups in total. The first kappa shape index (κ1) is 17.1. The van der Waals surface area contributed by atoms with Gasteiger partial charge in [0.15, 0.2) is 0 Å². The van der Waals surface area contributed by atoms with Gasteiger partial charge in [0.25, 0.3) is 5.91 Å². The molecular weight excluding hydrogens is 326 g/mol. The first-order valence-corrected chi connectivity index (χ1v) is 9.43. The number of hydrogen-bond acceptors (Lipinski definition) is 3. The van der Waals surface area contributed by atoms with Crippen LogP contribution in [0.4, 0.5) is 0 Å². The van der Waals surface area contributed by atoms with Gasteiger partial charge in [-0.2, -0.15) is 0 Å². The smallest absolute Gasteiger partial charge is 0.251 e. The zero-order valence-corrected chi connectivity index (χ0v) is 14.9. The maximum absolute atomic E-state index is 12.5. The molecule has 1 atom stereocenters. The Morgan fingerprint density at radius 3 is 2.54 bits per heavy atom. The summed E-state index contributed by atoms with van der Waals surface area (Å²) in [5.74, 6) is 0.748. The third kappa shape index (κ3) is 3.91. The van der Waals surface area contributed by atoms with Gasteiger partial charge in [-0.25, -0.2) is 0 Å². The summed E-state index contributed by atoms with van der Waals surface area (Å²) in [6.45, 7) is 2.09. The van der Waals surface area contributed by atoms with Gasteiger partial charge in [0, 0.05) is 24.1 Å². The molecule has 0 bridgehead atoms. The van der Waals surface area contributed by atoms with Gasteiger partial charge in [0.2, 0.25) is 0 Å². The van der Waals surface area contributed by atoms with Gasteiger partial charge in [-0.05, 0) is 55.5 Å². The summed E-state index contributed by atoms with van der Waals surface area (Å²) in [6.07, 6.45) is 4.63. The van der Waals surface area contributed by atoms with Crippen LogP contribution in [-0.2, 0) is 10.2 Å². The van der Waals surface area contributed by atoms with E-state index in [-0.39, 0.29) is 17.4 Å². The first-order chi connectivity index (χ1) is 12.8. The van der Waals surface area contributed by atoms with Crippen LogP contribution < -0.4 is 10.1 Å². The average Bonchev–Trinajstić information content (AvgIpc) is 3.31. The van der Waals surface area contributed by atoms with Crippen molar-refractivity contribution in [2.75, 3.05) is 19.8 Å². The predicted octanol–water partition coefficient (Wildman–Crippen LogP) is 3.71. The molecule has 1 aliphatic carbocycles. The molecule has 1 amide bonds. The van der Waals surface area contributed by atoms with E-state index in [4.69, 9.17) is 9.47 Å². The Morgan fingerprint density at radius 2 is 1.88 bits per heavy atom. The molecular formula is C22H25NO3. The fourth-order valence-electron chi connectivity index (χ4n) is 3.53. The molecule has 1 saturated heterocycles. The van der Waals surface area contributed by atoms with Crippen LogP contribution in [-0.4, -0.2) is 31.8 Å². The number of amides is 1. The van der Waals surface area contributed by atoms with Gasteiger partial charge in [0.05, 0.1) is 6.10 Å². The minimum absolute atomic E-state index is 0.0297. The topological polar surface area (TPSA) is 47.6 Å². The van der Waals surface area contributed by atoms with E-state index in [0.717, 1.165) is 38.0 Å². The fraction of sp³-hybridized carbons (Fsp3) is 0.409. The van der Waals surface area contributed by atoms with Crippen LogP contribution in [0.3, 0.4) is 0 Å². The Morgan fingerprint density at radius 1 is 1.12 bits per heavy atom. The van der Waals surface area contributed by atoms with Gasteiger partial charge in [-0.1, -0.05) is 30.3 Å². The fourth-order valence-corrected chi connectivity index (χ4v) is 3.53. The summed E-state index contributed by atoms with van der Waals surface area (Å²) >= 11 is 0. The number of rotatable bonds is 7. The molecule has 0 aromatic heterocycles. The Bertz CT molecular complexity index is 732. The monoisotopic (exact) mass is 351 g/mol. The normalized spacial score (nSPS) is 20.5. The van der Waals surface area contributed by atoms with E-state index in [1.807, 2.05) is 30.3 Å². The van der Waals surface area contributed by atoms with Gasteiger partial charge in [0.1, 0.15) is 12.4 Å². The highest BCUT2D eigenvalue weighted by molar-refractivity contribution is 5.94. The summed E-state index contributed by atoms with van der Waals surface area (Å²) in [7, 11) is 0. The minimum Gasteiger partial charge on any atom is -0.491 e. The van der Waals surface area contributed by atoms with Gasteiger partial charge in [-0.3, -0.25) is 4.79 Å². The molecule has 26 heavy (non-hydrogen) atoms. The van der Waals surface area contributed by atoms with Crippen molar-refractivity contribution >= 4 is 5.91 Å². The molecule has 0 spiro atoms. The molecule has 2 aromatic carbocycles. The minimum atomic E-state index is -0.0297. The highest BCUT2D eigenvalue weighted by Gasteiger charge is 2.44. The van der Waals surface area contributed by atoms with Crippen molar-refractivity contribution in [1.29, 1.82) is 0 Å². The largest absolute Gasteiger partial charge is 0.491 e. The predicted molar refractivity (Wildman–Crippen MR) is 101 cm³/mol. The van der Waals surface area contributed by atoms with E-state index in [9.17, 15) is 4.79 Å². The van der Waals surface area contributed by atoms with Crippen LogP contribution in [0.25, 0.3) is 0 Å². The average molecular weight is 351 g/mol. The van der Waals surface area contributed by atoms with Crippen molar-refractivity contribution in [3.63, 3.8) is 0 Å². The molecule has 2 fully saturated rings. The van der Waals surface area contributed by atoms with E-state index in [2.05, 4.69) is 29.6 Å². The second-order valence-electron chi connectivity index (χ2n) is 7.30. The lowest BCUT2D eigenvalue weighted by atomic mass is 9.96. The third-order valence-corrected chi connectivity index (χ3v) is 5.40. The lowest BCUT2D eigenvalue weighted by Crippen LogP contribution is -2.32. The van der Waals surface area contributed by atoms with Crippen LogP contribution in [0.15, 0.2) is 54.6 Å². The zero-order valence-electron chi connectivity index (χ0n) is 14.9. The molecule has 1 saturated carbocycles. The third-order valence-electron chi connectivity index (χ3n) is 5.40. The Kier molecular flexibility index (Phi) is 4.93. The van der Waals surface area contributed by atoms with E-state index in [1.165, 1.54) is 5.56 Å². The van der Waals surface area contributed by atoms with E-state index >= 15 is 0 Å². The van der Waals surface area contributed by atoms with Gasteiger partial charge in [-0.15, -0.1) is 0 Å². The quantitative estimate of drug-likeness (QED) is 0.827. The van der Waals surface area contributed by atoms with Crippen molar-refractivity contribution in [2.45, 2.75) is 37.2 Å². The maximum Gasteiger partial charge on any atom is 0.251 e. The van der Waals surface area contributed by atoms with Crippen molar-refractivity contribution in [3.8, 4) is 5.75 Å². The molecule has 136 valence electrons. The zero-order chi connectivity index (χ0) is 17.8. The van der Waals surface area contributed by atoms with Crippen molar-refractivity contribution in [3.05, 3.63) is 65.7 Å². The number of carbonyl (C=O) groups excluding carboxylic acids is 1. The standard InChI is InChI=1S/C22H25NO3/c24-21(23-16-22(12-13-22)18-5-2-1-3-6-18)17-8-10-19(11-9-17)26-15-20-7-4-14-25-20/h1-3,5-6,8-11,20H,4,7,12-16H2,(H,23,24)/t20-/m1/s1. The summed E-state index contributed by atoms with van der Waals surface area (Å²) in [6, 6.07) is 17.8. The molecule has 4 rings (SSSR count). The van der Waals surface area contributed by atoms with Gasteiger partial charge < -0.3 is 14.8 Å². The molecule has 2 aromatic rings.